The fourth-order valence-electron chi connectivity index (χ4n) is 1.72. The first-order valence-corrected chi connectivity index (χ1v) is 6.34. The van der Waals surface area contributed by atoms with Crippen molar-refractivity contribution in [2.45, 2.75) is 33.1 Å². The molecule has 110 valence electrons. The van der Waals surface area contributed by atoms with E-state index in [1.54, 1.807) is 0 Å². The Morgan fingerprint density at radius 3 is 2.26 bits per heavy atom. The molecule has 0 aromatic rings. The molecule has 0 aliphatic carbocycles. The lowest BCUT2D eigenvalue weighted by Crippen LogP contribution is -2.41. The third kappa shape index (κ3) is 9.87. The molecule has 3 amide bonds. The average Bonchev–Trinajstić information content (AvgIpc) is 2.30. The number of amides is 3. The van der Waals surface area contributed by atoms with Gasteiger partial charge in [0, 0.05) is 13.0 Å². The molecule has 0 rings (SSSR count). The molecule has 0 aromatic carbocycles. The zero-order chi connectivity index (χ0) is 14.8. The predicted octanol–water partition coefficient (Wildman–Crippen LogP) is 0.298. The summed E-state index contributed by atoms with van der Waals surface area (Å²) in [5.74, 6) is -0.808. The molecular weight excluding hydrogens is 250 g/mol. The van der Waals surface area contributed by atoms with E-state index in [4.69, 9.17) is 10.8 Å². The number of carboxylic acids is 1. The van der Waals surface area contributed by atoms with Crippen molar-refractivity contribution in [3.8, 4) is 0 Å². The van der Waals surface area contributed by atoms with E-state index in [-0.39, 0.29) is 18.9 Å². The third-order valence-electron chi connectivity index (χ3n) is 2.90. The molecule has 19 heavy (non-hydrogen) atoms. The lowest BCUT2D eigenvalue weighted by atomic mass is 9.88. The van der Waals surface area contributed by atoms with E-state index in [9.17, 15) is 14.4 Å². The Labute approximate surface area is 112 Å². The van der Waals surface area contributed by atoms with Crippen LogP contribution in [-0.2, 0) is 9.59 Å². The number of urea groups is 1. The summed E-state index contributed by atoms with van der Waals surface area (Å²) in [6.45, 7) is 4.30. The zero-order valence-corrected chi connectivity index (χ0v) is 11.4. The average molecular weight is 273 g/mol. The summed E-state index contributed by atoms with van der Waals surface area (Å²) in [4.78, 5) is 32.2. The van der Waals surface area contributed by atoms with Gasteiger partial charge >= 0.3 is 12.0 Å². The summed E-state index contributed by atoms with van der Waals surface area (Å²) in [6, 6.07) is -0.445. The van der Waals surface area contributed by atoms with Gasteiger partial charge in [-0.15, -0.1) is 0 Å². The first-order chi connectivity index (χ1) is 8.82. The van der Waals surface area contributed by atoms with E-state index in [1.807, 2.05) is 13.8 Å². The number of nitrogens with one attached hydrogen (secondary N) is 2. The number of aliphatic carboxylic acids is 1. The van der Waals surface area contributed by atoms with Gasteiger partial charge in [0.05, 0.1) is 6.54 Å². The van der Waals surface area contributed by atoms with Crippen molar-refractivity contribution in [2.75, 3.05) is 13.1 Å². The maximum atomic E-state index is 11.2. The van der Waals surface area contributed by atoms with E-state index in [0.29, 0.717) is 25.3 Å². The largest absolute Gasteiger partial charge is 0.481 e. The van der Waals surface area contributed by atoms with Crippen LogP contribution in [0.25, 0.3) is 0 Å². The number of rotatable bonds is 9. The van der Waals surface area contributed by atoms with Crippen LogP contribution in [0.4, 0.5) is 4.79 Å². The van der Waals surface area contributed by atoms with Gasteiger partial charge < -0.3 is 21.5 Å². The molecule has 0 aliphatic heterocycles. The van der Waals surface area contributed by atoms with Crippen molar-refractivity contribution in [2.24, 2.45) is 17.6 Å². The lowest BCUT2D eigenvalue weighted by Gasteiger charge is -2.20. The molecule has 0 radical (unpaired) electrons. The van der Waals surface area contributed by atoms with Crippen LogP contribution in [0.1, 0.15) is 33.1 Å². The van der Waals surface area contributed by atoms with E-state index < -0.39 is 17.9 Å². The minimum absolute atomic E-state index is 0.136. The molecule has 5 N–H and O–H groups in total. The molecule has 7 nitrogen and oxygen atoms in total. The van der Waals surface area contributed by atoms with Crippen molar-refractivity contribution >= 4 is 17.9 Å². The number of primary amides is 1. The smallest absolute Gasteiger partial charge is 0.315 e. The lowest BCUT2D eigenvalue weighted by molar-refractivity contribution is -0.137. The number of carbonyl (C=O) groups is 3. The van der Waals surface area contributed by atoms with Crippen LogP contribution in [0.5, 0.6) is 0 Å². The minimum atomic E-state index is -0.808. The summed E-state index contributed by atoms with van der Waals surface area (Å²) in [7, 11) is 0. The molecule has 0 heterocycles. The number of hydrogen-bond donors (Lipinski definition) is 4. The summed E-state index contributed by atoms with van der Waals surface area (Å²) in [5.41, 5.74) is 4.89. The molecule has 0 spiro atoms. The van der Waals surface area contributed by atoms with Crippen LogP contribution in [0.3, 0.4) is 0 Å². The Morgan fingerprint density at radius 1 is 1.16 bits per heavy atom. The molecule has 0 fully saturated rings. The topological polar surface area (TPSA) is 122 Å². The monoisotopic (exact) mass is 273 g/mol. The summed E-state index contributed by atoms with van der Waals surface area (Å²) in [5, 5.41) is 13.6. The van der Waals surface area contributed by atoms with Gasteiger partial charge in [-0.3, -0.25) is 9.59 Å². The predicted molar refractivity (Wildman–Crippen MR) is 70.4 cm³/mol. The summed E-state index contributed by atoms with van der Waals surface area (Å²) in [6.07, 6.45) is 1.43. The van der Waals surface area contributed by atoms with Gasteiger partial charge in [-0.1, -0.05) is 13.8 Å². The SMILES string of the molecule is CC(C)C(CCNC(=O)NCC(N)=O)CCC(=O)O. The molecule has 0 aliphatic rings. The van der Waals surface area contributed by atoms with E-state index in [2.05, 4.69) is 10.6 Å². The van der Waals surface area contributed by atoms with Gasteiger partial charge in [0.15, 0.2) is 0 Å². The number of carbonyl (C=O) groups excluding carboxylic acids is 2. The van der Waals surface area contributed by atoms with E-state index >= 15 is 0 Å². The van der Waals surface area contributed by atoms with Crippen LogP contribution < -0.4 is 16.4 Å². The standard InChI is InChI=1S/C12H23N3O4/c1-8(2)9(3-4-11(17)18)5-6-14-12(19)15-7-10(13)16/h8-9H,3-7H2,1-2H3,(H2,13,16)(H,17,18)(H2,14,15,19). The van der Waals surface area contributed by atoms with Gasteiger partial charge in [0.1, 0.15) is 0 Å². The third-order valence-corrected chi connectivity index (χ3v) is 2.90. The number of carboxylic acid groups (broad SMARTS) is 1. The van der Waals surface area contributed by atoms with Crippen molar-refractivity contribution in [3.05, 3.63) is 0 Å². The number of hydrogen-bond acceptors (Lipinski definition) is 3. The molecule has 0 saturated carbocycles. The molecule has 0 bridgehead atoms. The molecule has 1 atom stereocenters. The Bertz CT molecular complexity index is 318. The molecule has 1 unspecified atom stereocenters. The highest BCUT2D eigenvalue weighted by Gasteiger charge is 2.15. The summed E-state index contributed by atoms with van der Waals surface area (Å²) >= 11 is 0. The Balaban J connectivity index is 3.89. The molecule has 0 aromatic heterocycles. The van der Waals surface area contributed by atoms with Crippen LogP contribution in [0.15, 0.2) is 0 Å². The fourth-order valence-corrected chi connectivity index (χ4v) is 1.72. The van der Waals surface area contributed by atoms with Crippen LogP contribution >= 0.6 is 0 Å². The zero-order valence-electron chi connectivity index (χ0n) is 11.4. The van der Waals surface area contributed by atoms with Crippen LogP contribution in [0.2, 0.25) is 0 Å². The van der Waals surface area contributed by atoms with E-state index in [1.165, 1.54) is 0 Å². The first kappa shape index (κ1) is 17.2. The quantitative estimate of drug-likeness (QED) is 0.482. The molecule has 0 saturated heterocycles. The molecular formula is C12H23N3O4. The van der Waals surface area contributed by atoms with Gasteiger partial charge in [-0.05, 0) is 24.7 Å². The summed E-state index contributed by atoms with van der Waals surface area (Å²) < 4.78 is 0. The van der Waals surface area contributed by atoms with Crippen LogP contribution in [0, 0.1) is 11.8 Å². The number of nitrogens with two attached hydrogens (primary N) is 1. The highest BCUT2D eigenvalue weighted by atomic mass is 16.4. The normalized spacial score (nSPS) is 11.9. The minimum Gasteiger partial charge on any atom is -0.481 e. The maximum absolute atomic E-state index is 11.2. The molecule has 7 heteroatoms. The second kappa shape index (κ2) is 9.18. The Morgan fingerprint density at radius 2 is 1.79 bits per heavy atom. The van der Waals surface area contributed by atoms with Gasteiger partial charge in [-0.2, -0.15) is 0 Å². The van der Waals surface area contributed by atoms with Crippen LogP contribution in [-0.4, -0.2) is 36.1 Å². The van der Waals surface area contributed by atoms with Crippen molar-refractivity contribution < 1.29 is 19.5 Å². The highest BCUT2D eigenvalue weighted by Crippen LogP contribution is 2.20. The maximum Gasteiger partial charge on any atom is 0.315 e. The van der Waals surface area contributed by atoms with Gasteiger partial charge in [-0.25, -0.2) is 4.79 Å². The second-order valence-electron chi connectivity index (χ2n) is 4.80. The second-order valence-corrected chi connectivity index (χ2v) is 4.80. The van der Waals surface area contributed by atoms with E-state index in [0.717, 1.165) is 0 Å². The van der Waals surface area contributed by atoms with Crippen molar-refractivity contribution in [1.82, 2.24) is 10.6 Å². The first-order valence-electron chi connectivity index (χ1n) is 6.34. The Hall–Kier alpha value is -1.79. The Kier molecular flexibility index (Phi) is 8.32. The van der Waals surface area contributed by atoms with Gasteiger partial charge in [0.25, 0.3) is 0 Å². The van der Waals surface area contributed by atoms with Crippen molar-refractivity contribution in [1.29, 1.82) is 0 Å². The fraction of sp³-hybridized carbons (Fsp3) is 0.750. The van der Waals surface area contributed by atoms with Crippen molar-refractivity contribution in [3.63, 3.8) is 0 Å². The highest BCUT2D eigenvalue weighted by molar-refractivity contribution is 5.82. The van der Waals surface area contributed by atoms with Gasteiger partial charge in [0.2, 0.25) is 5.91 Å².